The number of ether oxygens (including phenoxy) is 1. The molecule has 0 bridgehead atoms. The first-order valence-electron chi connectivity index (χ1n) is 7.60. The Bertz CT molecular complexity index is 741. The van der Waals surface area contributed by atoms with E-state index in [9.17, 15) is 4.79 Å². The largest absolute Gasteiger partial charge is 0.457 e. The zero-order valence-corrected chi connectivity index (χ0v) is 13.2. The van der Waals surface area contributed by atoms with Crippen LogP contribution in [0.2, 0.25) is 0 Å². The van der Waals surface area contributed by atoms with Gasteiger partial charge in [-0.3, -0.25) is 5.32 Å². The van der Waals surface area contributed by atoms with E-state index >= 15 is 0 Å². The molecule has 0 radical (unpaired) electrons. The third-order valence-electron chi connectivity index (χ3n) is 3.89. The molecule has 0 saturated heterocycles. The summed E-state index contributed by atoms with van der Waals surface area (Å²) in [7, 11) is 0. The molecule has 120 valence electrons. The molecule has 2 amide bonds. The first-order valence-corrected chi connectivity index (χ1v) is 7.60. The Morgan fingerprint density at radius 1 is 1.26 bits per heavy atom. The van der Waals surface area contributed by atoms with Gasteiger partial charge in [0.15, 0.2) is 0 Å². The molecule has 1 saturated carbocycles. The number of anilines is 2. The molecule has 1 aliphatic carbocycles. The van der Waals surface area contributed by atoms with E-state index in [1.807, 2.05) is 26.0 Å². The molecule has 4 N–H and O–H groups in total. The SMILES string of the molecule is Cc1c(N)ccc(Oc2ccnc(NC(=O)NC3CC3)c2)c1C. The highest BCUT2D eigenvalue weighted by molar-refractivity contribution is 5.88. The summed E-state index contributed by atoms with van der Waals surface area (Å²) in [6.45, 7) is 3.92. The van der Waals surface area contributed by atoms with Crippen LogP contribution in [0.4, 0.5) is 16.3 Å². The van der Waals surface area contributed by atoms with Gasteiger partial charge >= 0.3 is 6.03 Å². The summed E-state index contributed by atoms with van der Waals surface area (Å²) in [4.78, 5) is 15.9. The number of benzene rings is 1. The van der Waals surface area contributed by atoms with Gasteiger partial charge in [0.05, 0.1) is 0 Å². The van der Waals surface area contributed by atoms with Gasteiger partial charge in [-0.15, -0.1) is 0 Å². The van der Waals surface area contributed by atoms with E-state index in [1.165, 1.54) is 0 Å². The summed E-state index contributed by atoms with van der Waals surface area (Å²) in [6, 6.07) is 7.16. The van der Waals surface area contributed by atoms with E-state index in [-0.39, 0.29) is 6.03 Å². The molecule has 1 aromatic carbocycles. The fourth-order valence-electron chi connectivity index (χ4n) is 2.16. The minimum Gasteiger partial charge on any atom is -0.457 e. The van der Waals surface area contributed by atoms with Crippen molar-refractivity contribution in [2.24, 2.45) is 0 Å². The van der Waals surface area contributed by atoms with Gasteiger partial charge in [-0.05, 0) is 56.0 Å². The molecule has 0 unspecified atom stereocenters. The van der Waals surface area contributed by atoms with Gasteiger partial charge in [0.2, 0.25) is 0 Å². The van der Waals surface area contributed by atoms with E-state index in [0.717, 1.165) is 35.4 Å². The lowest BCUT2D eigenvalue weighted by atomic mass is 10.1. The average molecular weight is 312 g/mol. The van der Waals surface area contributed by atoms with Crippen LogP contribution < -0.4 is 21.1 Å². The summed E-state index contributed by atoms with van der Waals surface area (Å²) in [5.74, 6) is 1.79. The molecular weight excluding hydrogens is 292 g/mol. The van der Waals surface area contributed by atoms with Crippen molar-refractivity contribution in [2.75, 3.05) is 11.1 Å². The Labute approximate surface area is 135 Å². The molecule has 1 fully saturated rings. The quantitative estimate of drug-likeness (QED) is 0.755. The predicted octanol–water partition coefficient (Wildman–Crippen LogP) is 3.36. The van der Waals surface area contributed by atoms with Crippen LogP contribution in [0, 0.1) is 13.8 Å². The van der Waals surface area contributed by atoms with Gasteiger partial charge < -0.3 is 15.8 Å². The lowest BCUT2D eigenvalue weighted by molar-refractivity contribution is 0.251. The van der Waals surface area contributed by atoms with Gasteiger partial charge in [0.1, 0.15) is 17.3 Å². The molecule has 1 aliphatic rings. The number of pyridine rings is 1. The number of hydrogen-bond donors (Lipinski definition) is 3. The molecular formula is C17H20N4O2. The van der Waals surface area contributed by atoms with Gasteiger partial charge in [-0.2, -0.15) is 0 Å². The number of nitrogen functional groups attached to an aromatic ring is 1. The van der Waals surface area contributed by atoms with Crippen molar-refractivity contribution in [3.05, 3.63) is 41.6 Å². The number of nitrogens with zero attached hydrogens (tertiary/aromatic N) is 1. The summed E-state index contributed by atoms with van der Waals surface area (Å²) in [5.41, 5.74) is 8.61. The fourth-order valence-corrected chi connectivity index (χ4v) is 2.16. The fraction of sp³-hybridized carbons (Fsp3) is 0.294. The zero-order chi connectivity index (χ0) is 16.4. The van der Waals surface area contributed by atoms with Crippen LogP contribution >= 0.6 is 0 Å². The van der Waals surface area contributed by atoms with Crippen LogP contribution in [0.25, 0.3) is 0 Å². The molecule has 6 heteroatoms. The molecule has 3 rings (SSSR count). The van der Waals surface area contributed by atoms with Crippen molar-refractivity contribution < 1.29 is 9.53 Å². The van der Waals surface area contributed by atoms with Crippen LogP contribution in [0.5, 0.6) is 11.5 Å². The maximum atomic E-state index is 11.8. The summed E-state index contributed by atoms with van der Waals surface area (Å²) in [6.07, 6.45) is 3.68. The highest BCUT2D eigenvalue weighted by Gasteiger charge is 2.23. The third-order valence-corrected chi connectivity index (χ3v) is 3.89. The molecule has 1 aromatic heterocycles. The second-order valence-electron chi connectivity index (χ2n) is 5.75. The minimum absolute atomic E-state index is 0.239. The predicted molar refractivity (Wildman–Crippen MR) is 89.8 cm³/mol. The van der Waals surface area contributed by atoms with Gasteiger partial charge in [-0.25, -0.2) is 9.78 Å². The number of hydrogen-bond acceptors (Lipinski definition) is 4. The number of nitrogens with one attached hydrogen (secondary N) is 2. The van der Waals surface area contributed by atoms with E-state index in [0.29, 0.717) is 17.6 Å². The number of amides is 2. The number of urea groups is 1. The van der Waals surface area contributed by atoms with Crippen molar-refractivity contribution in [1.82, 2.24) is 10.3 Å². The van der Waals surface area contributed by atoms with E-state index in [1.54, 1.807) is 18.3 Å². The van der Waals surface area contributed by atoms with E-state index < -0.39 is 0 Å². The van der Waals surface area contributed by atoms with Crippen molar-refractivity contribution in [3.63, 3.8) is 0 Å². The second kappa shape index (κ2) is 6.16. The standard InChI is InChI=1S/C17H20N4O2/c1-10-11(2)15(6-5-14(10)18)23-13-7-8-19-16(9-13)21-17(22)20-12-3-4-12/h5-9,12H,3-4,18H2,1-2H3,(H2,19,20,21,22). The van der Waals surface area contributed by atoms with Gasteiger partial charge in [0, 0.05) is 24.0 Å². The van der Waals surface area contributed by atoms with Crippen molar-refractivity contribution >= 4 is 17.5 Å². The lowest BCUT2D eigenvalue weighted by Gasteiger charge is -2.13. The summed E-state index contributed by atoms with van der Waals surface area (Å²) < 4.78 is 5.89. The summed E-state index contributed by atoms with van der Waals surface area (Å²) >= 11 is 0. The highest BCUT2D eigenvalue weighted by atomic mass is 16.5. The minimum atomic E-state index is -0.239. The van der Waals surface area contributed by atoms with Crippen molar-refractivity contribution in [2.45, 2.75) is 32.7 Å². The number of rotatable bonds is 4. The molecule has 6 nitrogen and oxygen atoms in total. The number of carbonyl (C=O) groups excluding carboxylic acids is 1. The van der Waals surface area contributed by atoms with Crippen LogP contribution in [0.1, 0.15) is 24.0 Å². The average Bonchev–Trinajstić information content (AvgIpc) is 3.32. The first-order chi connectivity index (χ1) is 11.0. The third kappa shape index (κ3) is 3.71. The Morgan fingerprint density at radius 3 is 2.78 bits per heavy atom. The van der Waals surface area contributed by atoms with Crippen LogP contribution in [0.15, 0.2) is 30.5 Å². The zero-order valence-electron chi connectivity index (χ0n) is 13.2. The van der Waals surface area contributed by atoms with Crippen molar-refractivity contribution in [1.29, 1.82) is 0 Å². The summed E-state index contributed by atoms with van der Waals surface area (Å²) in [5, 5.41) is 5.56. The van der Waals surface area contributed by atoms with Crippen LogP contribution in [-0.2, 0) is 0 Å². The number of carbonyl (C=O) groups is 1. The van der Waals surface area contributed by atoms with Gasteiger partial charge in [-0.1, -0.05) is 0 Å². The normalized spacial score (nSPS) is 13.5. The Balaban J connectivity index is 1.72. The molecule has 23 heavy (non-hydrogen) atoms. The van der Waals surface area contributed by atoms with Crippen molar-refractivity contribution in [3.8, 4) is 11.5 Å². The monoisotopic (exact) mass is 312 g/mol. The molecule has 0 spiro atoms. The van der Waals surface area contributed by atoms with E-state index in [4.69, 9.17) is 10.5 Å². The molecule has 1 heterocycles. The maximum Gasteiger partial charge on any atom is 0.320 e. The Hall–Kier alpha value is -2.76. The van der Waals surface area contributed by atoms with Crippen LogP contribution in [0.3, 0.4) is 0 Å². The first kappa shape index (κ1) is 15.1. The number of aromatic nitrogens is 1. The maximum absolute atomic E-state index is 11.8. The lowest BCUT2D eigenvalue weighted by Crippen LogP contribution is -2.30. The molecule has 0 atom stereocenters. The second-order valence-corrected chi connectivity index (χ2v) is 5.75. The smallest absolute Gasteiger partial charge is 0.320 e. The van der Waals surface area contributed by atoms with Crippen LogP contribution in [-0.4, -0.2) is 17.1 Å². The van der Waals surface area contributed by atoms with E-state index in [2.05, 4.69) is 15.6 Å². The Kier molecular flexibility index (Phi) is 4.06. The number of nitrogens with two attached hydrogens (primary N) is 1. The van der Waals surface area contributed by atoms with Gasteiger partial charge in [0.25, 0.3) is 0 Å². The molecule has 2 aromatic rings. The topological polar surface area (TPSA) is 89.3 Å². The highest BCUT2D eigenvalue weighted by Crippen LogP contribution is 2.30. The Morgan fingerprint density at radius 2 is 2.04 bits per heavy atom. The molecule has 0 aliphatic heterocycles.